The summed E-state index contributed by atoms with van der Waals surface area (Å²) in [5.41, 5.74) is 1.06. The predicted molar refractivity (Wildman–Crippen MR) is 53.8 cm³/mol. The fraction of sp³-hybridized carbons (Fsp3) is 0. The van der Waals surface area contributed by atoms with Crippen molar-refractivity contribution in [1.29, 1.82) is 0 Å². The fourth-order valence-corrected chi connectivity index (χ4v) is 0.564. The van der Waals surface area contributed by atoms with E-state index in [2.05, 4.69) is 0 Å². The van der Waals surface area contributed by atoms with Crippen molar-refractivity contribution in [2.75, 3.05) is 0 Å². The molecule has 0 saturated carbocycles. The van der Waals surface area contributed by atoms with Crippen molar-refractivity contribution >= 4 is 23.4 Å². The third-order valence-corrected chi connectivity index (χ3v) is 0.992. The SMILES string of the molecule is [Al+3].[CH-]=Cc1ccccc1.[CH3-].[CH3-]. The normalized spacial score (nSPS) is 6.18. The molecule has 0 radical (unpaired) electrons. The summed E-state index contributed by atoms with van der Waals surface area (Å²) in [6, 6.07) is 9.80. The largest absolute Gasteiger partial charge is 3.00 e. The first kappa shape index (κ1) is 16.8. The first-order chi connectivity index (χ1) is 3.93. The fourth-order valence-electron chi connectivity index (χ4n) is 0.564. The number of rotatable bonds is 1. The summed E-state index contributed by atoms with van der Waals surface area (Å²) in [5, 5.41) is 0. The smallest absolute Gasteiger partial charge is 0.358 e. The van der Waals surface area contributed by atoms with Crippen molar-refractivity contribution in [3.8, 4) is 0 Å². The van der Waals surface area contributed by atoms with Gasteiger partial charge in [0.05, 0.1) is 0 Å². The molecule has 0 nitrogen and oxygen atoms in total. The van der Waals surface area contributed by atoms with Gasteiger partial charge in [-0.3, -0.25) is 6.58 Å². The van der Waals surface area contributed by atoms with Crippen LogP contribution in [-0.4, -0.2) is 17.4 Å². The van der Waals surface area contributed by atoms with Crippen LogP contribution in [0.2, 0.25) is 0 Å². The molecule has 56 valence electrons. The summed E-state index contributed by atoms with van der Waals surface area (Å²) >= 11 is 0. The van der Waals surface area contributed by atoms with E-state index in [4.69, 9.17) is 6.58 Å². The molecule has 1 rings (SSSR count). The Morgan fingerprint density at radius 2 is 1.45 bits per heavy atom. The van der Waals surface area contributed by atoms with E-state index in [0.29, 0.717) is 0 Å². The molecule has 0 saturated heterocycles. The summed E-state index contributed by atoms with van der Waals surface area (Å²) in [4.78, 5) is 0. The van der Waals surface area contributed by atoms with E-state index in [1.165, 1.54) is 0 Å². The standard InChI is InChI=1S/C8H7.2CH3.Al/c1-2-8-6-4-3-5-7-8;;;/h1-7H;2*1H3;/q3*-1;+3. The van der Waals surface area contributed by atoms with Gasteiger partial charge in [-0.1, -0.05) is 18.2 Å². The van der Waals surface area contributed by atoms with E-state index < -0.39 is 0 Å². The van der Waals surface area contributed by atoms with Crippen LogP contribution in [-0.2, 0) is 0 Å². The molecule has 1 aromatic carbocycles. The van der Waals surface area contributed by atoms with Crippen molar-refractivity contribution in [1.82, 2.24) is 0 Å². The molecule has 0 atom stereocenters. The van der Waals surface area contributed by atoms with Crippen molar-refractivity contribution in [2.45, 2.75) is 0 Å². The Morgan fingerprint density at radius 1 is 1.00 bits per heavy atom. The molecule has 0 spiro atoms. The molecule has 0 unspecified atom stereocenters. The molecule has 0 N–H and O–H groups in total. The van der Waals surface area contributed by atoms with Crippen molar-refractivity contribution in [3.63, 3.8) is 0 Å². The van der Waals surface area contributed by atoms with E-state index in [1.54, 1.807) is 6.08 Å². The molecule has 0 heterocycles. The molecule has 0 amide bonds. The van der Waals surface area contributed by atoms with Crippen LogP contribution in [0.4, 0.5) is 0 Å². The third-order valence-electron chi connectivity index (χ3n) is 0.992. The van der Waals surface area contributed by atoms with Crippen molar-refractivity contribution in [3.05, 3.63) is 57.3 Å². The molecule has 0 aliphatic heterocycles. The molecule has 0 fully saturated rings. The zero-order chi connectivity index (χ0) is 5.82. The second-order valence-corrected chi connectivity index (χ2v) is 1.58. The monoisotopic (exact) mass is 160 g/mol. The summed E-state index contributed by atoms with van der Waals surface area (Å²) < 4.78 is 0. The van der Waals surface area contributed by atoms with Crippen LogP contribution in [0.3, 0.4) is 0 Å². The topological polar surface area (TPSA) is 0 Å². The first-order valence-corrected chi connectivity index (χ1v) is 2.53. The van der Waals surface area contributed by atoms with Gasteiger partial charge >= 0.3 is 17.4 Å². The maximum atomic E-state index is 5.22. The van der Waals surface area contributed by atoms with Crippen LogP contribution >= 0.6 is 0 Å². The Balaban J connectivity index is -0.000000213. The average Bonchev–Trinajstić information content (AvgIpc) is 1.90. The molecule has 1 aromatic rings. The Bertz CT molecular complexity index is 167. The van der Waals surface area contributed by atoms with Crippen molar-refractivity contribution < 1.29 is 0 Å². The Kier molecular flexibility index (Phi) is 14.5. The zero-order valence-corrected chi connectivity index (χ0v) is 8.27. The van der Waals surface area contributed by atoms with E-state index in [-0.39, 0.29) is 32.2 Å². The summed E-state index contributed by atoms with van der Waals surface area (Å²) in [6.07, 6.45) is 1.58. The molecular formula is C10H13Al. The van der Waals surface area contributed by atoms with Gasteiger partial charge < -0.3 is 14.9 Å². The first-order valence-electron chi connectivity index (χ1n) is 2.53. The maximum absolute atomic E-state index is 5.22. The molecule has 0 aliphatic carbocycles. The van der Waals surface area contributed by atoms with E-state index in [0.717, 1.165) is 5.56 Å². The molecule has 11 heavy (non-hydrogen) atoms. The quantitative estimate of drug-likeness (QED) is 0.437. The van der Waals surface area contributed by atoms with Gasteiger partial charge in [0.1, 0.15) is 0 Å². The van der Waals surface area contributed by atoms with Crippen molar-refractivity contribution in [2.24, 2.45) is 0 Å². The van der Waals surface area contributed by atoms with E-state index >= 15 is 0 Å². The van der Waals surface area contributed by atoms with Gasteiger partial charge in [0, 0.05) is 0 Å². The minimum Gasteiger partial charge on any atom is -0.358 e. The van der Waals surface area contributed by atoms with Crippen LogP contribution in [0, 0.1) is 21.4 Å². The molecule has 0 aromatic heterocycles. The van der Waals surface area contributed by atoms with Gasteiger partial charge in [-0.2, -0.15) is 5.56 Å². The van der Waals surface area contributed by atoms with Gasteiger partial charge in [-0.05, 0) is 0 Å². The third kappa shape index (κ3) is 5.91. The maximum Gasteiger partial charge on any atom is 3.00 e. The molecular weight excluding hydrogens is 147 g/mol. The van der Waals surface area contributed by atoms with Crippen LogP contribution in [0.15, 0.2) is 30.3 Å². The summed E-state index contributed by atoms with van der Waals surface area (Å²) in [5.74, 6) is 0. The second kappa shape index (κ2) is 9.49. The van der Waals surface area contributed by atoms with Gasteiger partial charge in [0.2, 0.25) is 0 Å². The van der Waals surface area contributed by atoms with E-state index in [1.807, 2.05) is 30.3 Å². The van der Waals surface area contributed by atoms with Gasteiger partial charge in [-0.15, -0.1) is 12.1 Å². The Morgan fingerprint density at radius 3 is 1.73 bits per heavy atom. The van der Waals surface area contributed by atoms with Gasteiger partial charge in [0.25, 0.3) is 0 Å². The Labute approximate surface area is 81.1 Å². The second-order valence-electron chi connectivity index (χ2n) is 1.58. The molecule has 0 bridgehead atoms. The molecule has 1 heteroatoms. The summed E-state index contributed by atoms with van der Waals surface area (Å²) in [7, 11) is 0. The van der Waals surface area contributed by atoms with Crippen LogP contribution in [0.1, 0.15) is 5.56 Å². The Hall–Kier alpha value is -0.508. The van der Waals surface area contributed by atoms with Gasteiger partial charge in [-0.25, -0.2) is 6.08 Å². The average molecular weight is 160 g/mol. The van der Waals surface area contributed by atoms with Crippen LogP contribution in [0.25, 0.3) is 6.08 Å². The van der Waals surface area contributed by atoms with Crippen LogP contribution in [0.5, 0.6) is 0 Å². The minimum atomic E-state index is 0. The van der Waals surface area contributed by atoms with Gasteiger partial charge in [0.15, 0.2) is 0 Å². The number of hydrogen-bond acceptors (Lipinski definition) is 0. The molecule has 0 aliphatic rings. The predicted octanol–water partition coefficient (Wildman–Crippen LogP) is 2.65. The van der Waals surface area contributed by atoms with E-state index in [9.17, 15) is 0 Å². The number of hydrogen-bond donors (Lipinski definition) is 0. The summed E-state index contributed by atoms with van der Waals surface area (Å²) in [6.45, 7) is 5.22. The zero-order valence-electron chi connectivity index (χ0n) is 7.12. The van der Waals surface area contributed by atoms with Crippen LogP contribution < -0.4 is 0 Å². The minimum absolute atomic E-state index is 0. The number of benzene rings is 1.